The van der Waals surface area contributed by atoms with Crippen LogP contribution in [0, 0.1) is 0 Å². The number of aliphatic imine (C=N–C) groups is 1. The van der Waals surface area contributed by atoms with Crippen molar-refractivity contribution in [2.24, 2.45) is 4.99 Å². The molecule has 0 bridgehead atoms. The minimum Gasteiger partial charge on any atom is -0.497 e. The van der Waals surface area contributed by atoms with Crippen LogP contribution in [0.4, 0.5) is 0 Å². The molecule has 0 aliphatic carbocycles. The summed E-state index contributed by atoms with van der Waals surface area (Å²) in [5.41, 5.74) is 4.88. The van der Waals surface area contributed by atoms with Crippen molar-refractivity contribution >= 4 is 11.7 Å². The first-order valence-electron chi connectivity index (χ1n) is 8.48. The number of fused-ring (bicyclic) bond motifs is 2. The molecule has 0 fully saturated rings. The summed E-state index contributed by atoms with van der Waals surface area (Å²) in [6, 6.07) is 9.64. The lowest BCUT2D eigenvalue weighted by atomic mass is 9.91. The van der Waals surface area contributed by atoms with E-state index in [9.17, 15) is 9.90 Å². The van der Waals surface area contributed by atoms with Crippen LogP contribution in [0.5, 0.6) is 17.2 Å². The van der Waals surface area contributed by atoms with Crippen LogP contribution in [0.15, 0.2) is 35.3 Å². The van der Waals surface area contributed by atoms with Gasteiger partial charge in [-0.15, -0.1) is 0 Å². The second kappa shape index (κ2) is 6.71. The molecule has 0 saturated carbocycles. The quantitative estimate of drug-likeness (QED) is 0.894. The van der Waals surface area contributed by atoms with Gasteiger partial charge in [0.2, 0.25) is 6.79 Å². The van der Waals surface area contributed by atoms with Gasteiger partial charge in [-0.25, -0.2) is 0 Å². The van der Waals surface area contributed by atoms with Gasteiger partial charge in [-0.05, 0) is 59.0 Å². The van der Waals surface area contributed by atoms with Crippen LogP contribution >= 0.6 is 0 Å². The topological polar surface area (TPSA) is 77.4 Å². The molecular formula is C20H19NO5. The predicted octanol–water partition coefficient (Wildman–Crippen LogP) is 2.64. The highest BCUT2D eigenvalue weighted by atomic mass is 16.7. The van der Waals surface area contributed by atoms with Crippen molar-refractivity contribution in [3.63, 3.8) is 0 Å². The molecule has 134 valence electrons. The maximum absolute atomic E-state index is 11.3. The van der Waals surface area contributed by atoms with E-state index in [2.05, 4.69) is 0 Å². The molecule has 6 heteroatoms. The summed E-state index contributed by atoms with van der Waals surface area (Å²) in [7, 11) is 1.66. The van der Waals surface area contributed by atoms with Gasteiger partial charge < -0.3 is 19.3 Å². The third-order valence-electron chi connectivity index (χ3n) is 4.70. The normalized spacial score (nSPS) is 14.6. The van der Waals surface area contributed by atoms with E-state index in [0.717, 1.165) is 34.6 Å². The molecule has 0 saturated heterocycles. The summed E-state index contributed by atoms with van der Waals surface area (Å²) >= 11 is 0. The number of hydrogen-bond donors (Lipinski definition) is 1. The van der Waals surface area contributed by atoms with Crippen molar-refractivity contribution in [2.75, 3.05) is 20.4 Å². The number of nitrogens with zero attached hydrogens (tertiary/aromatic N) is 1. The lowest BCUT2D eigenvalue weighted by Gasteiger charge is -2.19. The molecule has 0 aromatic heterocycles. The molecule has 1 N–H and O–H groups in total. The van der Waals surface area contributed by atoms with Gasteiger partial charge in [0, 0.05) is 18.7 Å². The van der Waals surface area contributed by atoms with Crippen molar-refractivity contribution in [3.05, 3.63) is 52.6 Å². The molecule has 0 atom stereocenters. The molecular weight excluding hydrogens is 334 g/mol. The van der Waals surface area contributed by atoms with Crippen molar-refractivity contribution in [1.82, 2.24) is 0 Å². The van der Waals surface area contributed by atoms with E-state index in [1.165, 1.54) is 5.56 Å². The number of ether oxygens (including phenoxy) is 3. The second-order valence-electron chi connectivity index (χ2n) is 6.32. The van der Waals surface area contributed by atoms with Crippen LogP contribution in [0.3, 0.4) is 0 Å². The lowest BCUT2D eigenvalue weighted by molar-refractivity contribution is -0.136. The number of carbonyl (C=O) groups is 1. The van der Waals surface area contributed by atoms with E-state index in [1.54, 1.807) is 13.2 Å². The van der Waals surface area contributed by atoms with E-state index in [0.29, 0.717) is 24.5 Å². The van der Waals surface area contributed by atoms with Crippen molar-refractivity contribution in [1.29, 1.82) is 0 Å². The number of aliphatic carboxylic acids is 1. The molecule has 2 aliphatic rings. The minimum absolute atomic E-state index is 0.0608. The van der Waals surface area contributed by atoms with E-state index < -0.39 is 5.97 Å². The molecule has 6 nitrogen and oxygen atoms in total. The Balaban J connectivity index is 1.69. The SMILES string of the molecule is COc1ccc2c(c1)CCN=C2Cc1cc2c(cc1CC(=O)O)OCO2. The Labute approximate surface area is 151 Å². The summed E-state index contributed by atoms with van der Waals surface area (Å²) in [5, 5.41) is 9.24. The van der Waals surface area contributed by atoms with Crippen molar-refractivity contribution in [2.45, 2.75) is 19.3 Å². The molecule has 26 heavy (non-hydrogen) atoms. The van der Waals surface area contributed by atoms with Gasteiger partial charge >= 0.3 is 5.97 Å². The van der Waals surface area contributed by atoms with E-state index >= 15 is 0 Å². The van der Waals surface area contributed by atoms with Crippen LogP contribution in [-0.2, 0) is 24.1 Å². The largest absolute Gasteiger partial charge is 0.497 e. The maximum Gasteiger partial charge on any atom is 0.307 e. The van der Waals surface area contributed by atoms with E-state index in [-0.39, 0.29) is 13.2 Å². The zero-order chi connectivity index (χ0) is 18.1. The first kappa shape index (κ1) is 16.4. The second-order valence-corrected chi connectivity index (χ2v) is 6.32. The van der Waals surface area contributed by atoms with Gasteiger partial charge in [-0.1, -0.05) is 0 Å². The third kappa shape index (κ3) is 3.10. The summed E-state index contributed by atoms with van der Waals surface area (Å²) < 4.78 is 16.2. The third-order valence-corrected chi connectivity index (χ3v) is 4.70. The van der Waals surface area contributed by atoms with Crippen molar-refractivity contribution < 1.29 is 24.1 Å². The zero-order valence-electron chi connectivity index (χ0n) is 14.4. The highest BCUT2D eigenvalue weighted by Gasteiger charge is 2.21. The number of methoxy groups -OCH3 is 1. The molecule has 4 rings (SSSR count). The fraction of sp³-hybridized carbons (Fsp3) is 0.300. The lowest BCUT2D eigenvalue weighted by Crippen LogP contribution is -2.16. The van der Waals surface area contributed by atoms with Gasteiger partial charge in [0.25, 0.3) is 0 Å². The van der Waals surface area contributed by atoms with E-state index in [1.807, 2.05) is 24.3 Å². The predicted molar refractivity (Wildman–Crippen MR) is 95.7 cm³/mol. The van der Waals surface area contributed by atoms with E-state index in [4.69, 9.17) is 19.2 Å². The number of benzene rings is 2. The molecule has 0 radical (unpaired) electrons. The van der Waals surface area contributed by atoms with Gasteiger partial charge in [0.1, 0.15) is 5.75 Å². The van der Waals surface area contributed by atoms with Crippen LogP contribution in [0.25, 0.3) is 0 Å². The zero-order valence-corrected chi connectivity index (χ0v) is 14.4. The Kier molecular flexibility index (Phi) is 4.24. The standard InChI is InChI=1S/C20H19NO5/c1-24-15-2-3-16-12(6-15)4-5-21-17(16)7-13-8-18-19(26-11-25-18)9-14(13)10-20(22)23/h2-3,6,8-9H,4-5,7,10-11H2,1H3,(H,22,23). The maximum atomic E-state index is 11.3. The minimum atomic E-state index is -0.874. The van der Waals surface area contributed by atoms with Gasteiger partial charge in [-0.2, -0.15) is 0 Å². The monoisotopic (exact) mass is 353 g/mol. The molecule has 0 unspecified atom stereocenters. The van der Waals surface area contributed by atoms with Crippen LogP contribution in [-0.4, -0.2) is 37.2 Å². The first-order chi connectivity index (χ1) is 12.6. The van der Waals surface area contributed by atoms with Gasteiger partial charge in [0.05, 0.1) is 13.5 Å². The molecule has 2 aromatic rings. The summed E-state index contributed by atoms with van der Waals surface area (Å²) in [5.74, 6) is 1.21. The average molecular weight is 353 g/mol. The average Bonchev–Trinajstić information content (AvgIpc) is 3.08. The summed E-state index contributed by atoms with van der Waals surface area (Å²) in [6.45, 7) is 0.878. The Morgan fingerprint density at radius 1 is 1.19 bits per heavy atom. The number of hydrogen-bond acceptors (Lipinski definition) is 5. The fourth-order valence-corrected chi connectivity index (χ4v) is 3.43. The van der Waals surface area contributed by atoms with Gasteiger partial charge in [0.15, 0.2) is 11.5 Å². The molecule has 2 heterocycles. The smallest absolute Gasteiger partial charge is 0.307 e. The van der Waals surface area contributed by atoms with Crippen LogP contribution in [0.1, 0.15) is 22.3 Å². The number of carboxylic acid groups (broad SMARTS) is 1. The summed E-state index contributed by atoms with van der Waals surface area (Å²) in [6.07, 6.45) is 1.37. The number of rotatable bonds is 5. The Hall–Kier alpha value is -3.02. The Bertz CT molecular complexity index is 903. The summed E-state index contributed by atoms with van der Waals surface area (Å²) in [4.78, 5) is 16.0. The Morgan fingerprint density at radius 2 is 1.96 bits per heavy atom. The molecule has 0 spiro atoms. The molecule has 2 aliphatic heterocycles. The highest BCUT2D eigenvalue weighted by Crippen LogP contribution is 2.36. The number of carboxylic acids is 1. The van der Waals surface area contributed by atoms with Crippen molar-refractivity contribution in [3.8, 4) is 17.2 Å². The van der Waals surface area contributed by atoms with Crippen LogP contribution < -0.4 is 14.2 Å². The first-order valence-corrected chi connectivity index (χ1v) is 8.48. The van der Waals surface area contributed by atoms with Gasteiger partial charge in [-0.3, -0.25) is 9.79 Å². The Morgan fingerprint density at radius 3 is 2.69 bits per heavy atom. The molecule has 2 aromatic carbocycles. The highest BCUT2D eigenvalue weighted by molar-refractivity contribution is 6.04. The van der Waals surface area contributed by atoms with Crippen LogP contribution in [0.2, 0.25) is 0 Å². The fourth-order valence-electron chi connectivity index (χ4n) is 3.43. The molecule has 0 amide bonds.